The molecule has 0 saturated heterocycles. The zero-order chi connectivity index (χ0) is 32.4. The fourth-order valence-electron chi connectivity index (χ4n) is 8.01. The number of aromatic hydroxyl groups is 4. The van der Waals surface area contributed by atoms with E-state index in [4.69, 9.17) is 18.6 Å². The third-order valence-corrected chi connectivity index (χ3v) is 9.99. The van der Waals surface area contributed by atoms with Gasteiger partial charge in [0.05, 0.1) is 17.0 Å². The smallest absolute Gasteiger partial charge is 0.285 e. The summed E-state index contributed by atoms with van der Waals surface area (Å²) in [5.74, 6) is -0.115. The monoisotopic (exact) mass is 628 g/mol. The van der Waals surface area contributed by atoms with E-state index in [0.717, 1.165) is 22.9 Å². The van der Waals surface area contributed by atoms with Crippen molar-refractivity contribution in [2.45, 2.75) is 50.4 Å². The highest BCUT2D eigenvalue weighted by Gasteiger charge is 2.62. The lowest BCUT2D eigenvalue weighted by Crippen LogP contribution is -2.56. The van der Waals surface area contributed by atoms with Gasteiger partial charge in [-0.1, -0.05) is 17.7 Å². The number of fused-ring (bicyclic) bond motifs is 6. The van der Waals surface area contributed by atoms with E-state index >= 15 is 0 Å². The first kappa shape index (κ1) is 27.8. The molecule has 8 nitrogen and oxygen atoms in total. The van der Waals surface area contributed by atoms with Crippen LogP contribution in [-0.2, 0) is 5.79 Å². The number of benzene rings is 4. The Morgan fingerprint density at radius 1 is 0.787 bits per heavy atom. The molecule has 4 N–H and O–H groups in total. The maximum atomic E-state index is 11.8. The number of phenols is 4. The van der Waals surface area contributed by atoms with E-state index in [2.05, 4.69) is 13.0 Å². The number of ether oxygens (including phenoxy) is 3. The van der Waals surface area contributed by atoms with Crippen LogP contribution >= 0.6 is 0 Å². The van der Waals surface area contributed by atoms with Crippen molar-refractivity contribution < 1.29 is 39.1 Å². The molecule has 1 aromatic heterocycles. The fourth-order valence-corrected chi connectivity index (χ4v) is 8.01. The summed E-state index contributed by atoms with van der Waals surface area (Å²) in [7, 11) is 0. The second-order valence-electron chi connectivity index (χ2n) is 13.6. The molecule has 8 heteroatoms. The standard InChI is InChI=1S/C39H32O8/c1-19-12-26-24-7-6-23(41)18-33(24)45-39(28-8-9-29(42)25-10-11-38(2,3)47-37(25)28)36(26)27(13-19)35-30(43)14-21(16-34(35)46-39)31-15-20-4-5-22(40)17-32(20)44-31/h4-11,13-18,26-27,36,40-43H,12H2,1-3H3/t26-,27+,36-,39+/m1/s1. The Kier molecular flexibility index (Phi) is 5.49. The largest absolute Gasteiger partial charge is 0.508 e. The molecule has 9 rings (SSSR count). The minimum Gasteiger partial charge on any atom is -0.508 e. The maximum Gasteiger partial charge on any atom is 0.285 e. The van der Waals surface area contributed by atoms with Gasteiger partial charge in [-0.25, -0.2) is 0 Å². The number of rotatable bonds is 2. The Morgan fingerprint density at radius 2 is 1.57 bits per heavy atom. The molecule has 0 unspecified atom stereocenters. The van der Waals surface area contributed by atoms with Crippen LogP contribution in [0.1, 0.15) is 61.3 Å². The second kappa shape index (κ2) is 9.28. The molecule has 0 spiro atoms. The Hall–Kier alpha value is -5.50. The number of allylic oxidation sites excluding steroid dienone is 2. The van der Waals surface area contributed by atoms with E-state index in [1.165, 1.54) is 0 Å². The average Bonchev–Trinajstić information content (AvgIpc) is 3.43. The van der Waals surface area contributed by atoms with Crippen molar-refractivity contribution in [1.29, 1.82) is 0 Å². The molecule has 4 aromatic carbocycles. The van der Waals surface area contributed by atoms with E-state index in [9.17, 15) is 20.4 Å². The summed E-state index contributed by atoms with van der Waals surface area (Å²) in [6.07, 6.45) is 6.67. The first-order valence-corrected chi connectivity index (χ1v) is 15.7. The zero-order valence-electron chi connectivity index (χ0n) is 25.9. The van der Waals surface area contributed by atoms with Gasteiger partial charge in [-0.3, -0.25) is 0 Å². The highest BCUT2D eigenvalue weighted by molar-refractivity contribution is 5.84. The van der Waals surface area contributed by atoms with E-state index in [1.807, 2.05) is 44.2 Å². The average molecular weight is 629 g/mol. The van der Waals surface area contributed by atoms with Crippen LogP contribution in [0.5, 0.6) is 40.2 Å². The molecule has 0 bridgehead atoms. The molecule has 4 heterocycles. The minimum atomic E-state index is -1.48. The lowest BCUT2D eigenvalue weighted by Gasteiger charge is -2.55. The quantitative estimate of drug-likeness (QED) is 0.144. The number of hydrogen-bond donors (Lipinski definition) is 4. The van der Waals surface area contributed by atoms with Gasteiger partial charge in [0.2, 0.25) is 0 Å². The molecule has 1 aliphatic carbocycles. The first-order chi connectivity index (χ1) is 22.5. The molecule has 0 fully saturated rings. The van der Waals surface area contributed by atoms with Crippen molar-refractivity contribution in [1.82, 2.24) is 0 Å². The minimum absolute atomic E-state index is 0.0636. The number of hydrogen-bond acceptors (Lipinski definition) is 8. The van der Waals surface area contributed by atoms with E-state index in [1.54, 1.807) is 48.5 Å². The molecule has 4 atom stereocenters. The lowest BCUT2D eigenvalue weighted by molar-refractivity contribution is -0.198. The Labute approximate surface area is 270 Å². The van der Waals surface area contributed by atoms with Crippen LogP contribution in [-0.4, -0.2) is 26.0 Å². The van der Waals surface area contributed by atoms with Crippen molar-refractivity contribution in [2.75, 3.05) is 0 Å². The van der Waals surface area contributed by atoms with Gasteiger partial charge in [-0.2, -0.15) is 0 Å². The second-order valence-corrected chi connectivity index (χ2v) is 13.6. The summed E-state index contributed by atoms with van der Waals surface area (Å²) in [5.41, 5.74) is 4.29. The third-order valence-electron chi connectivity index (χ3n) is 9.99. The lowest BCUT2D eigenvalue weighted by atomic mass is 9.61. The highest BCUT2D eigenvalue weighted by atomic mass is 16.7. The first-order valence-electron chi connectivity index (χ1n) is 15.7. The van der Waals surface area contributed by atoms with Crippen LogP contribution in [0.25, 0.3) is 28.4 Å². The zero-order valence-corrected chi connectivity index (χ0v) is 25.9. The highest BCUT2D eigenvalue weighted by Crippen LogP contribution is 2.66. The molecule has 0 saturated carbocycles. The van der Waals surface area contributed by atoms with Gasteiger partial charge in [0, 0.05) is 40.5 Å². The summed E-state index contributed by atoms with van der Waals surface area (Å²) in [6.45, 7) is 5.98. The molecule has 5 aromatic rings. The van der Waals surface area contributed by atoms with Crippen molar-refractivity contribution >= 4 is 17.0 Å². The van der Waals surface area contributed by atoms with Gasteiger partial charge >= 0.3 is 0 Å². The Balaban J connectivity index is 1.32. The predicted molar refractivity (Wildman–Crippen MR) is 175 cm³/mol. The Bertz CT molecular complexity index is 2220. The number of furan rings is 1. The van der Waals surface area contributed by atoms with Crippen LogP contribution in [0.15, 0.2) is 88.9 Å². The van der Waals surface area contributed by atoms with Crippen LogP contribution in [0, 0.1) is 5.92 Å². The van der Waals surface area contributed by atoms with E-state index in [0.29, 0.717) is 50.8 Å². The van der Waals surface area contributed by atoms with Gasteiger partial charge in [-0.15, -0.1) is 0 Å². The van der Waals surface area contributed by atoms with Crippen LogP contribution in [0.4, 0.5) is 0 Å². The van der Waals surface area contributed by atoms with Crippen molar-refractivity contribution in [3.05, 3.63) is 107 Å². The maximum absolute atomic E-state index is 11.8. The summed E-state index contributed by atoms with van der Waals surface area (Å²) in [5, 5.41) is 44.1. The molecule has 0 amide bonds. The molecule has 47 heavy (non-hydrogen) atoms. The van der Waals surface area contributed by atoms with E-state index in [-0.39, 0.29) is 40.8 Å². The molecule has 4 aliphatic rings. The molecular formula is C39H32O8. The van der Waals surface area contributed by atoms with Crippen molar-refractivity contribution in [3.63, 3.8) is 0 Å². The van der Waals surface area contributed by atoms with Gasteiger partial charge in [0.15, 0.2) is 0 Å². The normalized spacial score (nSPS) is 24.5. The van der Waals surface area contributed by atoms with Gasteiger partial charge in [0.25, 0.3) is 5.79 Å². The summed E-state index contributed by atoms with van der Waals surface area (Å²) >= 11 is 0. The topological polar surface area (TPSA) is 122 Å². The van der Waals surface area contributed by atoms with Crippen LogP contribution < -0.4 is 14.2 Å². The fraction of sp³-hybridized carbons (Fsp3) is 0.231. The Morgan fingerprint density at radius 3 is 2.43 bits per heavy atom. The van der Waals surface area contributed by atoms with Crippen molar-refractivity contribution in [3.8, 4) is 51.6 Å². The molecule has 3 aliphatic heterocycles. The SMILES string of the molecule is CC1=C[C@H]2c3c(O)cc(-c4cc5ccc(O)cc5o4)cc3O[C@]3(c4ccc(O)c5c4OC(C)(C)C=C5)Oc4cc(O)ccc4[C@@H](C1)[C@H]23. The summed E-state index contributed by atoms with van der Waals surface area (Å²) in [4.78, 5) is 0. The van der Waals surface area contributed by atoms with Crippen LogP contribution in [0.3, 0.4) is 0 Å². The molecule has 0 radical (unpaired) electrons. The summed E-state index contributed by atoms with van der Waals surface area (Å²) < 4.78 is 26.8. The molecule has 236 valence electrons. The number of phenolic OH excluding ortho intramolecular Hbond substituents is 4. The summed E-state index contributed by atoms with van der Waals surface area (Å²) in [6, 6.07) is 18.9. The van der Waals surface area contributed by atoms with Gasteiger partial charge in [0.1, 0.15) is 57.2 Å². The van der Waals surface area contributed by atoms with Crippen molar-refractivity contribution in [2.24, 2.45) is 5.92 Å². The van der Waals surface area contributed by atoms with E-state index < -0.39 is 11.4 Å². The molecular weight excluding hydrogens is 596 g/mol. The predicted octanol–water partition coefficient (Wildman–Crippen LogP) is 8.58. The van der Waals surface area contributed by atoms with Crippen LogP contribution in [0.2, 0.25) is 0 Å². The third kappa shape index (κ3) is 4.00. The van der Waals surface area contributed by atoms with Gasteiger partial charge in [-0.05, 0) is 93.4 Å². The van der Waals surface area contributed by atoms with Gasteiger partial charge < -0.3 is 39.1 Å².